The first-order valence-electron chi connectivity index (χ1n) is 6.02. The topological polar surface area (TPSA) is 54.4 Å². The van der Waals surface area contributed by atoms with Crippen molar-refractivity contribution in [2.24, 2.45) is 11.8 Å². The largest absolute Gasteiger partial charge is 0.481 e. The van der Waals surface area contributed by atoms with Crippen LogP contribution in [0.1, 0.15) is 36.0 Å². The van der Waals surface area contributed by atoms with Crippen molar-refractivity contribution in [1.29, 1.82) is 0 Å². The highest BCUT2D eigenvalue weighted by Gasteiger charge is 2.35. The Balaban J connectivity index is 2.20. The van der Waals surface area contributed by atoms with E-state index in [-0.39, 0.29) is 11.7 Å². The molecule has 0 heterocycles. The van der Waals surface area contributed by atoms with Crippen LogP contribution in [0.25, 0.3) is 0 Å². The van der Waals surface area contributed by atoms with Crippen molar-refractivity contribution in [1.82, 2.24) is 0 Å². The second-order valence-electron chi connectivity index (χ2n) is 4.57. The zero-order chi connectivity index (χ0) is 12.3. The fraction of sp³-hybridized carbons (Fsp3) is 0.429. The highest BCUT2D eigenvalue weighted by atomic mass is 16.4. The van der Waals surface area contributed by atoms with Gasteiger partial charge in [-0.3, -0.25) is 9.59 Å². The summed E-state index contributed by atoms with van der Waals surface area (Å²) in [4.78, 5) is 23.4. The Bertz CT molecular complexity index is 411. The third-order valence-corrected chi connectivity index (χ3v) is 3.48. The number of carbonyl (C=O) groups excluding carboxylic acids is 1. The van der Waals surface area contributed by atoms with E-state index >= 15 is 0 Å². The summed E-state index contributed by atoms with van der Waals surface area (Å²) in [5.41, 5.74) is 0.630. The summed E-state index contributed by atoms with van der Waals surface area (Å²) in [6.45, 7) is 0. The fourth-order valence-corrected chi connectivity index (χ4v) is 2.56. The molecule has 2 atom stereocenters. The monoisotopic (exact) mass is 232 g/mol. The van der Waals surface area contributed by atoms with Crippen molar-refractivity contribution in [2.45, 2.75) is 25.7 Å². The Kier molecular flexibility index (Phi) is 3.57. The second kappa shape index (κ2) is 5.13. The molecule has 3 heteroatoms. The zero-order valence-electron chi connectivity index (χ0n) is 9.63. The molecule has 0 aromatic heterocycles. The quantitative estimate of drug-likeness (QED) is 0.815. The summed E-state index contributed by atoms with van der Waals surface area (Å²) < 4.78 is 0. The van der Waals surface area contributed by atoms with Crippen LogP contribution in [0.4, 0.5) is 0 Å². The third kappa shape index (κ3) is 2.54. The van der Waals surface area contributed by atoms with Gasteiger partial charge in [0.1, 0.15) is 0 Å². The van der Waals surface area contributed by atoms with Crippen LogP contribution in [0.3, 0.4) is 0 Å². The lowest BCUT2D eigenvalue weighted by atomic mass is 9.75. The van der Waals surface area contributed by atoms with Crippen LogP contribution in [0.15, 0.2) is 30.3 Å². The molecule has 0 amide bonds. The maximum atomic E-state index is 12.3. The van der Waals surface area contributed by atoms with E-state index in [0.29, 0.717) is 18.4 Å². The lowest BCUT2D eigenvalue weighted by Crippen LogP contribution is -2.32. The van der Waals surface area contributed by atoms with Crippen molar-refractivity contribution in [3.63, 3.8) is 0 Å². The molecule has 0 spiro atoms. The minimum Gasteiger partial charge on any atom is -0.481 e. The molecule has 17 heavy (non-hydrogen) atoms. The highest BCUT2D eigenvalue weighted by molar-refractivity contribution is 5.99. The summed E-state index contributed by atoms with van der Waals surface area (Å²) in [5, 5.41) is 9.15. The van der Waals surface area contributed by atoms with Crippen LogP contribution in [0, 0.1) is 11.8 Å². The van der Waals surface area contributed by atoms with E-state index in [9.17, 15) is 9.59 Å². The molecule has 1 unspecified atom stereocenters. The van der Waals surface area contributed by atoms with Crippen LogP contribution in [-0.4, -0.2) is 16.9 Å². The van der Waals surface area contributed by atoms with Crippen molar-refractivity contribution < 1.29 is 14.7 Å². The lowest BCUT2D eigenvalue weighted by Gasteiger charge is -2.27. The van der Waals surface area contributed by atoms with Crippen molar-refractivity contribution in [2.75, 3.05) is 0 Å². The van der Waals surface area contributed by atoms with Crippen LogP contribution in [0.5, 0.6) is 0 Å². The van der Waals surface area contributed by atoms with Gasteiger partial charge in [0.2, 0.25) is 0 Å². The Morgan fingerprint density at radius 1 is 1.00 bits per heavy atom. The summed E-state index contributed by atoms with van der Waals surface area (Å²) in [6, 6.07) is 9.00. The molecular formula is C14H16O3. The van der Waals surface area contributed by atoms with E-state index in [0.717, 1.165) is 12.8 Å². The first-order chi connectivity index (χ1) is 8.20. The minimum absolute atomic E-state index is 0.0160. The maximum absolute atomic E-state index is 12.3. The number of ketones is 1. The van der Waals surface area contributed by atoms with Crippen molar-refractivity contribution in [3.8, 4) is 0 Å². The normalized spacial score (nSPS) is 24.2. The molecule has 0 bridgehead atoms. The van der Waals surface area contributed by atoms with Crippen molar-refractivity contribution >= 4 is 11.8 Å². The first kappa shape index (κ1) is 11.8. The van der Waals surface area contributed by atoms with Gasteiger partial charge in [-0.2, -0.15) is 0 Å². The van der Waals surface area contributed by atoms with E-state index in [2.05, 4.69) is 0 Å². The second-order valence-corrected chi connectivity index (χ2v) is 4.57. The van der Waals surface area contributed by atoms with Gasteiger partial charge >= 0.3 is 5.97 Å². The Morgan fingerprint density at radius 3 is 2.18 bits per heavy atom. The van der Waals surface area contributed by atoms with Gasteiger partial charge in [-0.1, -0.05) is 43.2 Å². The Labute approximate surface area is 100 Å². The molecule has 1 aromatic carbocycles. The predicted molar refractivity (Wildman–Crippen MR) is 63.9 cm³/mol. The summed E-state index contributed by atoms with van der Waals surface area (Å²) >= 11 is 0. The average molecular weight is 232 g/mol. The van der Waals surface area contributed by atoms with Crippen LogP contribution >= 0.6 is 0 Å². The highest BCUT2D eigenvalue weighted by Crippen LogP contribution is 2.32. The lowest BCUT2D eigenvalue weighted by molar-refractivity contribution is -0.144. The number of benzene rings is 1. The van der Waals surface area contributed by atoms with Gasteiger partial charge < -0.3 is 5.11 Å². The maximum Gasteiger partial charge on any atom is 0.307 e. The van der Waals surface area contributed by atoms with Crippen molar-refractivity contribution in [3.05, 3.63) is 35.9 Å². The molecule has 90 valence electrons. The van der Waals surface area contributed by atoms with Gasteiger partial charge in [0.05, 0.1) is 5.92 Å². The molecule has 1 aliphatic rings. The van der Waals surface area contributed by atoms with Gasteiger partial charge in [-0.15, -0.1) is 0 Å². The number of Topliss-reactive ketones (excluding diaryl/α,β-unsaturated/α-hetero) is 1. The number of aliphatic carboxylic acids is 1. The Morgan fingerprint density at radius 2 is 1.59 bits per heavy atom. The average Bonchev–Trinajstić information content (AvgIpc) is 2.39. The van der Waals surface area contributed by atoms with Gasteiger partial charge in [-0.25, -0.2) is 0 Å². The van der Waals surface area contributed by atoms with Crippen LogP contribution in [0.2, 0.25) is 0 Å². The smallest absolute Gasteiger partial charge is 0.307 e. The number of carbonyl (C=O) groups is 2. The Hall–Kier alpha value is -1.64. The molecule has 0 saturated heterocycles. The molecule has 1 aromatic rings. The van der Waals surface area contributed by atoms with E-state index in [1.54, 1.807) is 12.1 Å². The molecule has 1 saturated carbocycles. The molecule has 0 radical (unpaired) electrons. The molecule has 1 aliphatic carbocycles. The number of rotatable bonds is 3. The SMILES string of the molecule is O=C(c1ccccc1)C1CCCC[C@@H]1C(=O)O. The zero-order valence-corrected chi connectivity index (χ0v) is 9.63. The van der Waals surface area contributed by atoms with E-state index in [1.165, 1.54) is 0 Å². The molecular weight excluding hydrogens is 216 g/mol. The summed E-state index contributed by atoms with van der Waals surface area (Å²) in [6.07, 6.45) is 3.19. The third-order valence-electron chi connectivity index (χ3n) is 3.48. The van der Waals surface area contributed by atoms with E-state index < -0.39 is 11.9 Å². The molecule has 1 fully saturated rings. The molecule has 3 nitrogen and oxygen atoms in total. The summed E-state index contributed by atoms with van der Waals surface area (Å²) in [7, 11) is 0. The number of hydrogen-bond donors (Lipinski definition) is 1. The molecule has 2 rings (SSSR count). The summed E-state index contributed by atoms with van der Waals surface area (Å²) in [5.74, 6) is -1.70. The predicted octanol–water partition coefficient (Wildman–Crippen LogP) is 2.76. The fourth-order valence-electron chi connectivity index (χ4n) is 2.56. The first-order valence-corrected chi connectivity index (χ1v) is 6.02. The van der Waals surface area contributed by atoms with E-state index in [4.69, 9.17) is 5.11 Å². The van der Waals surface area contributed by atoms with E-state index in [1.807, 2.05) is 18.2 Å². The molecule has 1 N–H and O–H groups in total. The van der Waals surface area contributed by atoms with Gasteiger partial charge in [0, 0.05) is 11.5 Å². The van der Waals surface area contributed by atoms with Gasteiger partial charge in [-0.05, 0) is 12.8 Å². The van der Waals surface area contributed by atoms with Gasteiger partial charge in [0.15, 0.2) is 5.78 Å². The van der Waals surface area contributed by atoms with Gasteiger partial charge in [0.25, 0.3) is 0 Å². The number of carboxylic acid groups (broad SMARTS) is 1. The van der Waals surface area contributed by atoms with Crippen LogP contribution in [-0.2, 0) is 4.79 Å². The van der Waals surface area contributed by atoms with Crippen LogP contribution < -0.4 is 0 Å². The number of carboxylic acids is 1. The number of hydrogen-bond acceptors (Lipinski definition) is 2. The molecule has 0 aliphatic heterocycles. The minimum atomic E-state index is -0.834. The standard InChI is InChI=1S/C14H16O3/c15-13(10-6-2-1-3-7-10)11-8-4-5-9-12(11)14(16)17/h1-3,6-7,11-12H,4-5,8-9H2,(H,16,17)/t11?,12-/m0/s1.